The Hall–Kier alpha value is -1.38. The third-order valence-corrected chi connectivity index (χ3v) is 1.78. The Morgan fingerprint density at radius 3 is 2.64 bits per heavy atom. The van der Waals surface area contributed by atoms with Gasteiger partial charge < -0.3 is 4.74 Å². The number of hydrogen-bond donors (Lipinski definition) is 0. The van der Waals surface area contributed by atoms with Gasteiger partial charge in [0.05, 0.1) is 0 Å². The number of aryl methyl sites for hydroxylation is 1. The molecule has 0 aliphatic carbocycles. The van der Waals surface area contributed by atoms with Gasteiger partial charge in [-0.05, 0) is 25.5 Å². The highest BCUT2D eigenvalue weighted by molar-refractivity contribution is 5.30. The lowest BCUT2D eigenvalue weighted by atomic mass is 10.2. The molecule has 0 saturated heterocycles. The fraction of sp³-hybridized carbons (Fsp3) is 0.273. The minimum Gasteiger partial charge on any atom is -0.486 e. The van der Waals surface area contributed by atoms with E-state index in [-0.39, 0.29) is 17.9 Å². The summed E-state index contributed by atoms with van der Waals surface area (Å²) in [7, 11) is 0. The van der Waals surface area contributed by atoms with E-state index in [9.17, 15) is 8.78 Å². The van der Waals surface area contributed by atoms with E-state index in [0.717, 1.165) is 12.1 Å². The molecule has 0 saturated carbocycles. The molecule has 14 heavy (non-hydrogen) atoms. The van der Waals surface area contributed by atoms with Crippen LogP contribution in [0.15, 0.2) is 24.3 Å². The van der Waals surface area contributed by atoms with Crippen molar-refractivity contribution in [2.24, 2.45) is 0 Å². The summed E-state index contributed by atoms with van der Waals surface area (Å²) in [4.78, 5) is 0. The molecule has 0 N–H and O–H groups in total. The monoisotopic (exact) mass is 198 g/mol. The van der Waals surface area contributed by atoms with Crippen LogP contribution in [0.4, 0.5) is 8.78 Å². The van der Waals surface area contributed by atoms with Crippen molar-refractivity contribution in [1.29, 1.82) is 0 Å². The second kappa shape index (κ2) is 4.74. The molecule has 0 bridgehead atoms. The number of benzene rings is 1. The van der Waals surface area contributed by atoms with Crippen LogP contribution >= 0.6 is 0 Å². The molecular formula is C11H12F2O. The van der Waals surface area contributed by atoms with Crippen LogP contribution in [0.2, 0.25) is 0 Å². The molecule has 0 heterocycles. The molecule has 0 unspecified atom stereocenters. The lowest BCUT2D eigenvalue weighted by Crippen LogP contribution is -1.97. The largest absolute Gasteiger partial charge is 0.486 e. The molecular weight excluding hydrogens is 186 g/mol. The Balaban J connectivity index is 2.81. The first kappa shape index (κ1) is 10.7. The van der Waals surface area contributed by atoms with Crippen molar-refractivity contribution in [3.8, 4) is 5.75 Å². The van der Waals surface area contributed by atoms with Gasteiger partial charge in [-0.15, -0.1) is 0 Å². The molecule has 0 atom stereocenters. The van der Waals surface area contributed by atoms with Crippen molar-refractivity contribution in [3.63, 3.8) is 0 Å². The zero-order valence-corrected chi connectivity index (χ0v) is 8.18. The number of ether oxygens (including phenoxy) is 1. The minimum atomic E-state index is -0.534. The molecule has 3 heteroatoms. The minimum absolute atomic E-state index is 0.0498. The third kappa shape index (κ3) is 2.55. The molecule has 1 aromatic rings. The van der Waals surface area contributed by atoms with Crippen LogP contribution in [0.1, 0.15) is 12.5 Å². The maximum absolute atomic E-state index is 13.1. The van der Waals surface area contributed by atoms with Crippen LogP contribution in [0, 0.1) is 18.6 Å². The zero-order chi connectivity index (χ0) is 10.6. The van der Waals surface area contributed by atoms with Crippen molar-refractivity contribution in [3.05, 3.63) is 41.5 Å². The van der Waals surface area contributed by atoms with E-state index < -0.39 is 11.6 Å². The fourth-order valence-electron chi connectivity index (χ4n) is 0.973. The summed E-state index contributed by atoms with van der Waals surface area (Å²) in [5.74, 6) is -1.04. The molecule has 1 aromatic carbocycles. The average molecular weight is 198 g/mol. The molecule has 76 valence electrons. The maximum atomic E-state index is 13.1. The molecule has 1 rings (SSSR count). The molecule has 1 nitrogen and oxygen atoms in total. The number of halogens is 2. The summed E-state index contributed by atoms with van der Waals surface area (Å²) in [6.45, 7) is 3.58. The Morgan fingerprint density at radius 2 is 2.00 bits per heavy atom. The van der Waals surface area contributed by atoms with Crippen LogP contribution in [-0.2, 0) is 0 Å². The van der Waals surface area contributed by atoms with Crippen LogP contribution in [-0.4, -0.2) is 6.61 Å². The first-order valence-corrected chi connectivity index (χ1v) is 4.34. The quantitative estimate of drug-likeness (QED) is 0.677. The van der Waals surface area contributed by atoms with Crippen molar-refractivity contribution >= 4 is 0 Å². The first-order chi connectivity index (χ1) is 6.65. The Labute approximate surface area is 82.0 Å². The van der Waals surface area contributed by atoms with Gasteiger partial charge >= 0.3 is 0 Å². The summed E-state index contributed by atoms with van der Waals surface area (Å²) in [5, 5.41) is 0. The number of allylic oxidation sites excluding steroid dienone is 1. The van der Waals surface area contributed by atoms with Crippen LogP contribution < -0.4 is 4.74 Å². The molecule has 0 radical (unpaired) electrons. The molecule has 0 amide bonds. The van der Waals surface area contributed by atoms with Gasteiger partial charge in [-0.3, -0.25) is 0 Å². The zero-order valence-electron chi connectivity index (χ0n) is 8.18. The van der Waals surface area contributed by atoms with Crippen LogP contribution in [0.5, 0.6) is 5.75 Å². The predicted octanol–water partition coefficient (Wildman–Crippen LogP) is 3.23. The predicted molar refractivity (Wildman–Crippen MR) is 51.4 cm³/mol. The summed E-state index contributed by atoms with van der Waals surface area (Å²) in [6.07, 6.45) is 3.50. The molecule has 0 fully saturated rings. The summed E-state index contributed by atoms with van der Waals surface area (Å²) < 4.78 is 31.2. The van der Waals surface area contributed by atoms with Gasteiger partial charge in [0, 0.05) is 6.07 Å². The Kier molecular flexibility index (Phi) is 3.63. The molecule has 0 spiro atoms. The molecule has 0 aromatic heterocycles. The topological polar surface area (TPSA) is 9.23 Å². The van der Waals surface area contributed by atoms with Gasteiger partial charge in [-0.2, -0.15) is 0 Å². The van der Waals surface area contributed by atoms with Gasteiger partial charge in [0.15, 0.2) is 11.6 Å². The highest BCUT2D eigenvalue weighted by atomic mass is 19.1. The van der Waals surface area contributed by atoms with E-state index in [1.807, 2.05) is 6.92 Å². The fourth-order valence-corrected chi connectivity index (χ4v) is 0.973. The van der Waals surface area contributed by atoms with E-state index in [4.69, 9.17) is 4.74 Å². The average Bonchev–Trinajstić information content (AvgIpc) is 2.14. The SMILES string of the molecule is C/C=C/COc1cc(F)c(C)cc1F. The second-order valence-corrected chi connectivity index (χ2v) is 2.91. The lowest BCUT2D eigenvalue weighted by molar-refractivity contribution is 0.338. The standard InChI is InChI=1S/C11H12F2O/c1-3-4-5-14-11-7-9(12)8(2)6-10(11)13/h3-4,6-7H,5H2,1-2H3/b4-3+. The van der Waals surface area contributed by atoms with Gasteiger partial charge in [-0.25, -0.2) is 8.78 Å². The summed E-state index contributed by atoms with van der Waals surface area (Å²) in [5.41, 5.74) is 0.279. The molecule has 0 aliphatic rings. The van der Waals surface area contributed by atoms with Gasteiger partial charge in [0.2, 0.25) is 0 Å². The van der Waals surface area contributed by atoms with E-state index in [0.29, 0.717) is 0 Å². The summed E-state index contributed by atoms with van der Waals surface area (Å²) in [6, 6.07) is 2.19. The normalized spacial score (nSPS) is 10.9. The second-order valence-electron chi connectivity index (χ2n) is 2.91. The smallest absolute Gasteiger partial charge is 0.165 e. The van der Waals surface area contributed by atoms with Gasteiger partial charge in [0.1, 0.15) is 12.4 Å². The number of hydrogen-bond acceptors (Lipinski definition) is 1. The van der Waals surface area contributed by atoms with Crippen molar-refractivity contribution < 1.29 is 13.5 Å². The van der Waals surface area contributed by atoms with E-state index in [2.05, 4.69) is 0 Å². The highest BCUT2D eigenvalue weighted by Crippen LogP contribution is 2.20. The van der Waals surface area contributed by atoms with Crippen LogP contribution in [0.25, 0.3) is 0 Å². The van der Waals surface area contributed by atoms with Crippen molar-refractivity contribution in [1.82, 2.24) is 0 Å². The maximum Gasteiger partial charge on any atom is 0.165 e. The van der Waals surface area contributed by atoms with Crippen LogP contribution in [0.3, 0.4) is 0 Å². The van der Waals surface area contributed by atoms with E-state index in [1.54, 1.807) is 12.2 Å². The van der Waals surface area contributed by atoms with Crippen molar-refractivity contribution in [2.75, 3.05) is 6.61 Å². The number of rotatable bonds is 3. The van der Waals surface area contributed by atoms with E-state index in [1.165, 1.54) is 6.92 Å². The Morgan fingerprint density at radius 1 is 1.29 bits per heavy atom. The first-order valence-electron chi connectivity index (χ1n) is 4.34. The van der Waals surface area contributed by atoms with Gasteiger partial charge in [0.25, 0.3) is 0 Å². The Bertz CT molecular complexity index is 345. The van der Waals surface area contributed by atoms with Gasteiger partial charge in [-0.1, -0.05) is 12.2 Å². The molecule has 0 aliphatic heterocycles. The van der Waals surface area contributed by atoms with Crippen molar-refractivity contribution in [2.45, 2.75) is 13.8 Å². The highest BCUT2D eigenvalue weighted by Gasteiger charge is 2.07. The third-order valence-electron chi connectivity index (χ3n) is 1.78. The summed E-state index contributed by atoms with van der Waals surface area (Å²) >= 11 is 0. The van der Waals surface area contributed by atoms with E-state index >= 15 is 0 Å². The lowest BCUT2D eigenvalue weighted by Gasteiger charge is -2.05.